The minimum absolute atomic E-state index is 0.245. The maximum atomic E-state index is 13.0. The summed E-state index contributed by atoms with van der Waals surface area (Å²) in [6, 6.07) is 19.6. The quantitative estimate of drug-likeness (QED) is 0.641. The van der Waals surface area contributed by atoms with E-state index < -0.39 is 10.2 Å². The summed E-state index contributed by atoms with van der Waals surface area (Å²) in [6.45, 7) is 0.980. The average Bonchev–Trinajstić information content (AvgIpc) is 3.11. The number of fused-ring (bicyclic) bond motifs is 1. The standard InChI is InChI=1S/C21H23N3O3S/c1-23(15-18-10-6-3-7-11-18)28(25,26)24-13-12-20-19(16-24)22-21(27-20)14-17-8-4-2-5-9-17/h2-11H,12-16H2,1H3. The zero-order valence-corrected chi connectivity index (χ0v) is 16.6. The van der Waals surface area contributed by atoms with Gasteiger partial charge in [0.2, 0.25) is 0 Å². The SMILES string of the molecule is CN(Cc1ccccc1)S(=O)(=O)N1CCc2oc(Cc3ccccc3)nc2C1. The molecule has 1 aliphatic rings. The molecule has 0 atom stereocenters. The highest BCUT2D eigenvalue weighted by atomic mass is 32.2. The molecule has 3 aromatic rings. The van der Waals surface area contributed by atoms with Crippen molar-refractivity contribution in [2.24, 2.45) is 0 Å². The third-order valence-electron chi connectivity index (χ3n) is 4.90. The van der Waals surface area contributed by atoms with Crippen LogP contribution in [-0.2, 0) is 36.1 Å². The van der Waals surface area contributed by atoms with Crippen LogP contribution in [0.4, 0.5) is 0 Å². The van der Waals surface area contributed by atoms with Crippen LogP contribution in [0, 0.1) is 0 Å². The molecule has 0 fully saturated rings. The fourth-order valence-electron chi connectivity index (χ4n) is 3.39. The molecule has 1 aromatic heterocycles. The van der Waals surface area contributed by atoms with Crippen molar-refractivity contribution in [1.29, 1.82) is 0 Å². The Hall–Kier alpha value is -2.48. The van der Waals surface area contributed by atoms with E-state index in [4.69, 9.17) is 4.42 Å². The molecule has 28 heavy (non-hydrogen) atoms. The van der Waals surface area contributed by atoms with Gasteiger partial charge in [0, 0.05) is 33.0 Å². The van der Waals surface area contributed by atoms with E-state index in [1.54, 1.807) is 7.05 Å². The molecular weight excluding hydrogens is 374 g/mol. The van der Waals surface area contributed by atoms with Gasteiger partial charge in [0.15, 0.2) is 5.89 Å². The highest BCUT2D eigenvalue weighted by Crippen LogP contribution is 2.24. The van der Waals surface area contributed by atoms with Crippen molar-refractivity contribution in [3.63, 3.8) is 0 Å². The van der Waals surface area contributed by atoms with Crippen molar-refractivity contribution in [1.82, 2.24) is 13.6 Å². The van der Waals surface area contributed by atoms with Crippen LogP contribution in [0.1, 0.15) is 28.5 Å². The molecule has 0 saturated heterocycles. The maximum Gasteiger partial charge on any atom is 0.282 e. The van der Waals surface area contributed by atoms with Crippen molar-refractivity contribution in [3.8, 4) is 0 Å². The lowest BCUT2D eigenvalue weighted by atomic mass is 10.1. The average molecular weight is 398 g/mol. The molecule has 0 amide bonds. The molecule has 4 rings (SSSR count). The van der Waals surface area contributed by atoms with Crippen LogP contribution >= 0.6 is 0 Å². The second-order valence-corrected chi connectivity index (χ2v) is 9.01. The second kappa shape index (κ2) is 7.87. The van der Waals surface area contributed by atoms with Gasteiger partial charge in [-0.05, 0) is 11.1 Å². The first-order valence-corrected chi connectivity index (χ1v) is 10.7. The molecule has 0 unspecified atom stereocenters. The third-order valence-corrected chi connectivity index (χ3v) is 6.78. The molecule has 7 heteroatoms. The zero-order valence-electron chi connectivity index (χ0n) is 15.8. The fraction of sp³-hybridized carbons (Fsp3) is 0.286. The van der Waals surface area contributed by atoms with Crippen LogP contribution < -0.4 is 0 Å². The molecule has 0 spiro atoms. The van der Waals surface area contributed by atoms with E-state index in [0.29, 0.717) is 37.5 Å². The number of rotatable bonds is 6. The number of aromatic nitrogens is 1. The van der Waals surface area contributed by atoms with Gasteiger partial charge in [0.25, 0.3) is 10.2 Å². The van der Waals surface area contributed by atoms with Gasteiger partial charge in [-0.15, -0.1) is 0 Å². The highest BCUT2D eigenvalue weighted by molar-refractivity contribution is 7.86. The van der Waals surface area contributed by atoms with E-state index in [1.165, 1.54) is 8.61 Å². The van der Waals surface area contributed by atoms with Gasteiger partial charge in [-0.3, -0.25) is 0 Å². The first-order valence-electron chi connectivity index (χ1n) is 9.29. The van der Waals surface area contributed by atoms with Gasteiger partial charge in [-0.1, -0.05) is 60.7 Å². The van der Waals surface area contributed by atoms with E-state index in [0.717, 1.165) is 16.9 Å². The van der Waals surface area contributed by atoms with Crippen molar-refractivity contribution in [3.05, 3.63) is 89.1 Å². The Morgan fingerprint density at radius 2 is 1.68 bits per heavy atom. The van der Waals surface area contributed by atoms with E-state index in [-0.39, 0.29) is 6.54 Å². The predicted octanol–water partition coefficient (Wildman–Crippen LogP) is 3.00. The van der Waals surface area contributed by atoms with Crippen LogP contribution in [0.15, 0.2) is 65.1 Å². The van der Waals surface area contributed by atoms with Gasteiger partial charge in [0.05, 0.1) is 12.2 Å². The van der Waals surface area contributed by atoms with E-state index in [1.807, 2.05) is 60.7 Å². The largest absolute Gasteiger partial charge is 0.445 e. The molecule has 0 radical (unpaired) electrons. The van der Waals surface area contributed by atoms with Crippen molar-refractivity contribution < 1.29 is 12.8 Å². The Morgan fingerprint density at radius 1 is 1.04 bits per heavy atom. The molecule has 0 saturated carbocycles. The minimum Gasteiger partial charge on any atom is -0.445 e. The van der Waals surface area contributed by atoms with Crippen LogP contribution in [-0.4, -0.2) is 35.6 Å². The molecule has 0 N–H and O–H groups in total. The van der Waals surface area contributed by atoms with Crippen LogP contribution in [0.5, 0.6) is 0 Å². The zero-order chi connectivity index (χ0) is 19.6. The Morgan fingerprint density at radius 3 is 2.36 bits per heavy atom. The normalized spacial score (nSPS) is 14.9. The van der Waals surface area contributed by atoms with E-state index in [2.05, 4.69) is 4.98 Å². The van der Waals surface area contributed by atoms with Crippen LogP contribution in [0.3, 0.4) is 0 Å². The van der Waals surface area contributed by atoms with Crippen LogP contribution in [0.2, 0.25) is 0 Å². The lowest BCUT2D eigenvalue weighted by Crippen LogP contribution is -2.43. The second-order valence-electron chi connectivity index (χ2n) is 6.97. The van der Waals surface area contributed by atoms with E-state index >= 15 is 0 Å². The summed E-state index contributed by atoms with van der Waals surface area (Å²) in [6.07, 6.45) is 1.14. The third kappa shape index (κ3) is 4.01. The van der Waals surface area contributed by atoms with Gasteiger partial charge >= 0.3 is 0 Å². The fourth-order valence-corrected chi connectivity index (χ4v) is 4.70. The first kappa shape index (κ1) is 18.9. The molecule has 6 nitrogen and oxygen atoms in total. The topological polar surface area (TPSA) is 66.7 Å². The highest BCUT2D eigenvalue weighted by Gasteiger charge is 2.32. The summed E-state index contributed by atoms with van der Waals surface area (Å²) < 4.78 is 34.7. The number of oxazole rings is 1. The lowest BCUT2D eigenvalue weighted by Gasteiger charge is -2.29. The molecule has 2 heterocycles. The molecule has 1 aliphatic heterocycles. The predicted molar refractivity (Wildman–Crippen MR) is 107 cm³/mol. The summed E-state index contributed by atoms with van der Waals surface area (Å²) in [7, 11) is -1.95. The molecular formula is C21H23N3O3S. The molecule has 0 aliphatic carbocycles. The molecule has 0 bridgehead atoms. The maximum absolute atomic E-state index is 13.0. The Balaban J connectivity index is 1.47. The monoisotopic (exact) mass is 397 g/mol. The van der Waals surface area contributed by atoms with Gasteiger partial charge < -0.3 is 4.42 Å². The molecule has 2 aromatic carbocycles. The number of hydrogen-bond donors (Lipinski definition) is 0. The van der Waals surface area contributed by atoms with E-state index in [9.17, 15) is 8.42 Å². The van der Waals surface area contributed by atoms with Gasteiger partial charge in [-0.2, -0.15) is 17.0 Å². The summed E-state index contributed by atoms with van der Waals surface area (Å²) in [5.74, 6) is 1.43. The van der Waals surface area contributed by atoms with Crippen molar-refractivity contribution in [2.45, 2.75) is 25.9 Å². The summed E-state index contributed by atoms with van der Waals surface area (Å²) in [4.78, 5) is 4.56. The summed E-state index contributed by atoms with van der Waals surface area (Å²) in [5, 5.41) is 0. The first-order chi connectivity index (χ1) is 13.5. The van der Waals surface area contributed by atoms with Crippen molar-refractivity contribution >= 4 is 10.2 Å². The number of nitrogens with zero attached hydrogens (tertiary/aromatic N) is 3. The van der Waals surface area contributed by atoms with Crippen molar-refractivity contribution in [2.75, 3.05) is 13.6 Å². The lowest BCUT2D eigenvalue weighted by molar-refractivity contribution is 0.324. The molecule has 146 valence electrons. The van der Waals surface area contributed by atoms with Gasteiger partial charge in [-0.25, -0.2) is 4.98 Å². The Bertz CT molecular complexity index is 1030. The Labute approximate surface area is 165 Å². The summed E-state index contributed by atoms with van der Waals surface area (Å²) >= 11 is 0. The smallest absolute Gasteiger partial charge is 0.282 e. The van der Waals surface area contributed by atoms with Gasteiger partial charge in [0.1, 0.15) is 5.76 Å². The number of hydrogen-bond acceptors (Lipinski definition) is 4. The number of benzene rings is 2. The minimum atomic E-state index is -3.57. The summed E-state index contributed by atoms with van der Waals surface area (Å²) in [5.41, 5.74) is 2.79. The van der Waals surface area contributed by atoms with Crippen LogP contribution in [0.25, 0.3) is 0 Å². The Kier molecular flexibility index (Phi) is 5.30.